The number of nitrogens with one attached hydrogen (secondary N) is 2. The molecule has 0 aromatic heterocycles. The minimum atomic E-state index is 0.134. The van der Waals surface area contributed by atoms with E-state index in [2.05, 4.69) is 10.6 Å². The number of carbonyl (C=O) groups is 1. The zero-order valence-corrected chi connectivity index (χ0v) is 9.42. The van der Waals surface area contributed by atoms with Crippen LogP contribution in [0.4, 0.5) is 11.4 Å². The predicted octanol–water partition coefficient (Wildman–Crippen LogP) is 1.27. The lowest BCUT2D eigenvalue weighted by molar-refractivity contribution is -0.122. The van der Waals surface area contributed by atoms with Gasteiger partial charge in [-0.15, -0.1) is 0 Å². The summed E-state index contributed by atoms with van der Waals surface area (Å²) in [7, 11) is 0. The maximum absolute atomic E-state index is 11.0. The number of rotatable bonds is 2. The summed E-state index contributed by atoms with van der Waals surface area (Å²) in [5.74, 6) is 0.134. The van der Waals surface area contributed by atoms with Gasteiger partial charge in [-0.05, 0) is 31.0 Å². The van der Waals surface area contributed by atoms with E-state index in [1.165, 1.54) is 0 Å². The fourth-order valence-electron chi connectivity index (χ4n) is 1.89. The first-order valence-electron chi connectivity index (χ1n) is 5.54. The standard InChI is InChI=1S/C12H17N3O/c1-8-2-4-11(10(13)6-8)15-9-3-5-12(16)14-7-9/h2,4,6,9,15H,3,5,7,13H2,1H3,(H,14,16). The Kier molecular flexibility index (Phi) is 2.99. The van der Waals surface area contributed by atoms with Gasteiger partial charge in [-0.2, -0.15) is 0 Å². The summed E-state index contributed by atoms with van der Waals surface area (Å²) in [6, 6.07) is 6.24. The number of hydrogen-bond donors (Lipinski definition) is 3. The molecule has 0 bridgehead atoms. The molecule has 1 aromatic rings. The third-order valence-electron chi connectivity index (χ3n) is 2.83. The zero-order chi connectivity index (χ0) is 11.5. The molecule has 0 radical (unpaired) electrons. The van der Waals surface area contributed by atoms with E-state index in [0.29, 0.717) is 13.0 Å². The van der Waals surface area contributed by atoms with Crippen LogP contribution in [0.15, 0.2) is 18.2 Å². The number of amides is 1. The minimum absolute atomic E-state index is 0.134. The predicted molar refractivity (Wildman–Crippen MR) is 65.2 cm³/mol. The molecule has 1 amide bonds. The van der Waals surface area contributed by atoms with Crippen molar-refractivity contribution in [2.45, 2.75) is 25.8 Å². The molecule has 0 aliphatic carbocycles. The first kappa shape index (κ1) is 10.8. The molecule has 1 unspecified atom stereocenters. The Labute approximate surface area is 95.2 Å². The van der Waals surface area contributed by atoms with Gasteiger partial charge in [-0.25, -0.2) is 0 Å². The fourth-order valence-corrected chi connectivity index (χ4v) is 1.89. The van der Waals surface area contributed by atoms with Gasteiger partial charge in [-0.3, -0.25) is 4.79 Å². The number of nitrogens with two attached hydrogens (primary N) is 1. The van der Waals surface area contributed by atoms with Crippen molar-refractivity contribution >= 4 is 17.3 Å². The van der Waals surface area contributed by atoms with Crippen LogP contribution in [0, 0.1) is 6.92 Å². The molecule has 4 nitrogen and oxygen atoms in total. The molecule has 1 aliphatic heterocycles. The lowest BCUT2D eigenvalue weighted by atomic mass is 10.1. The second-order valence-corrected chi connectivity index (χ2v) is 4.27. The summed E-state index contributed by atoms with van der Waals surface area (Å²) in [5, 5.41) is 6.20. The molecule has 16 heavy (non-hydrogen) atoms. The quantitative estimate of drug-likeness (QED) is 0.656. The van der Waals surface area contributed by atoms with Crippen molar-refractivity contribution in [3.05, 3.63) is 23.8 Å². The molecule has 2 rings (SSSR count). The highest BCUT2D eigenvalue weighted by Gasteiger charge is 2.17. The number of hydrogen-bond acceptors (Lipinski definition) is 3. The van der Waals surface area contributed by atoms with Crippen molar-refractivity contribution in [2.24, 2.45) is 0 Å². The first-order chi connectivity index (χ1) is 7.65. The molecule has 1 aliphatic rings. The summed E-state index contributed by atoms with van der Waals surface area (Å²) in [6.07, 6.45) is 1.45. The van der Waals surface area contributed by atoms with Crippen LogP contribution in [0.25, 0.3) is 0 Å². The number of nitrogen functional groups attached to an aromatic ring is 1. The van der Waals surface area contributed by atoms with Crippen LogP contribution >= 0.6 is 0 Å². The molecular formula is C12H17N3O. The maximum Gasteiger partial charge on any atom is 0.220 e. The van der Waals surface area contributed by atoms with Gasteiger partial charge in [0.05, 0.1) is 11.4 Å². The molecule has 1 fully saturated rings. The highest BCUT2D eigenvalue weighted by molar-refractivity contribution is 5.77. The molecule has 4 heteroatoms. The third kappa shape index (κ3) is 2.45. The van der Waals surface area contributed by atoms with E-state index < -0.39 is 0 Å². The Bertz CT molecular complexity index is 393. The average Bonchev–Trinajstić information content (AvgIpc) is 2.25. The van der Waals surface area contributed by atoms with Gasteiger partial charge in [-0.1, -0.05) is 6.07 Å². The molecule has 0 saturated carbocycles. The van der Waals surface area contributed by atoms with Crippen LogP contribution in [0.3, 0.4) is 0 Å². The van der Waals surface area contributed by atoms with Crippen molar-refractivity contribution in [3.63, 3.8) is 0 Å². The van der Waals surface area contributed by atoms with E-state index >= 15 is 0 Å². The van der Waals surface area contributed by atoms with Crippen LogP contribution in [0.2, 0.25) is 0 Å². The fraction of sp³-hybridized carbons (Fsp3) is 0.417. The highest BCUT2D eigenvalue weighted by atomic mass is 16.1. The molecule has 1 heterocycles. The van der Waals surface area contributed by atoms with Gasteiger partial charge in [0.25, 0.3) is 0 Å². The normalized spacial score (nSPS) is 20.3. The summed E-state index contributed by atoms with van der Waals surface area (Å²) in [4.78, 5) is 11.0. The average molecular weight is 219 g/mol. The number of aryl methyl sites for hydroxylation is 1. The van der Waals surface area contributed by atoms with E-state index in [0.717, 1.165) is 23.4 Å². The van der Waals surface area contributed by atoms with Crippen LogP contribution < -0.4 is 16.4 Å². The molecule has 4 N–H and O–H groups in total. The Morgan fingerprint density at radius 2 is 2.31 bits per heavy atom. The van der Waals surface area contributed by atoms with Crippen molar-refractivity contribution < 1.29 is 4.79 Å². The molecule has 86 valence electrons. The molecule has 1 aromatic carbocycles. The van der Waals surface area contributed by atoms with Gasteiger partial charge < -0.3 is 16.4 Å². The van der Waals surface area contributed by atoms with Crippen molar-refractivity contribution in [2.75, 3.05) is 17.6 Å². The van der Waals surface area contributed by atoms with E-state index in [1.54, 1.807) is 0 Å². The van der Waals surface area contributed by atoms with E-state index in [1.807, 2.05) is 25.1 Å². The van der Waals surface area contributed by atoms with Crippen molar-refractivity contribution in [1.82, 2.24) is 5.32 Å². The summed E-state index contributed by atoms with van der Waals surface area (Å²) < 4.78 is 0. The second kappa shape index (κ2) is 4.43. The Morgan fingerprint density at radius 3 is 2.94 bits per heavy atom. The van der Waals surface area contributed by atoms with Gasteiger partial charge in [0.2, 0.25) is 5.91 Å². The Morgan fingerprint density at radius 1 is 1.50 bits per heavy atom. The zero-order valence-electron chi connectivity index (χ0n) is 9.42. The van der Waals surface area contributed by atoms with Crippen molar-refractivity contribution in [3.8, 4) is 0 Å². The highest BCUT2D eigenvalue weighted by Crippen LogP contribution is 2.21. The van der Waals surface area contributed by atoms with Gasteiger partial charge in [0, 0.05) is 19.0 Å². The maximum atomic E-state index is 11.0. The molecule has 0 spiro atoms. The van der Waals surface area contributed by atoms with Crippen LogP contribution in [-0.4, -0.2) is 18.5 Å². The number of anilines is 2. The lowest BCUT2D eigenvalue weighted by Crippen LogP contribution is -2.41. The minimum Gasteiger partial charge on any atom is -0.397 e. The van der Waals surface area contributed by atoms with Gasteiger partial charge in [0.15, 0.2) is 0 Å². The van der Waals surface area contributed by atoms with Crippen molar-refractivity contribution in [1.29, 1.82) is 0 Å². The number of benzene rings is 1. The molecular weight excluding hydrogens is 202 g/mol. The SMILES string of the molecule is Cc1ccc(NC2CCC(=O)NC2)c(N)c1. The van der Waals surface area contributed by atoms with Gasteiger partial charge >= 0.3 is 0 Å². The van der Waals surface area contributed by atoms with Gasteiger partial charge in [0.1, 0.15) is 0 Å². The number of piperidine rings is 1. The van der Waals surface area contributed by atoms with E-state index in [-0.39, 0.29) is 11.9 Å². The summed E-state index contributed by atoms with van der Waals surface area (Å²) >= 11 is 0. The second-order valence-electron chi connectivity index (χ2n) is 4.27. The van der Waals surface area contributed by atoms with E-state index in [4.69, 9.17) is 5.73 Å². The first-order valence-corrected chi connectivity index (χ1v) is 5.54. The summed E-state index contributed by atoms with van der Waals surface area (Å²) in [6.45, 7) is 2.69. The molecule has 1 atom stereocenters. The largest absolute Gasteiger partial charge is 0.397 e. The van der Waals surface area contributed by atoms with Crippen LogP contribution in [0.5, 0.6) is 0 Å². The Balaban J connectivity index is 2.01. The van der Waals surface area contributed by atoms with Crippen LogP contribution in [0.1, 0.15) is 18.4 Å². The third-order valence-corrected chi connectivity index (χ3v) is 2.83. The number of carbonyl (C=O) groups excluding carboxylic acids is 1. The lowest BCUT2D eigenvalue weighted by Gasteiger charge is -2.25. The topological polar surface area (TPSA) is 67.2 Å². The smallest absolute Gasteiger partial charge is 0.220 e. The Hall–Kier alpha value is -1.71. The molecule has 1 saturated heterocycles. The van der Waals surface area contributed by atoms with E-state index in [9.17, 15) is 4.79 Å². The summed E-state index contributed by atoms with van der Waals surface area (Å²) in [5.41, 5.74) is 8.78. The monoisotopic (exact) mass is 219 g/mol. The van der Waals surface area contributed by atoms with Crippen LogP contribution in [-0.2, 0) is 4.79 Å².